The first-order chi connectivity index (χ1) is 7.06. The Morgan fingerprint density at radius 3 is 2.80 bits per heavy atom. The summed E-state index contributed by atoms with van der Waals surface area (Å²) in [5, 5.41) is 2.65. The number of hydrogen-bond acceptors (Lipinski definition) is 5. The summed E-state index contributed by atoms with van der Waals surface area (Å²) < 4.78 is 8.77. The molecular weight excluding hydrogens is 218 g/mol. The van der Waals surface area contributed by atoms with Crippen LogP contribution in [0.3, 0.4) is 0 Å². The normalized spacial score (nSPS) is 9.73. The first kappa shape index (κ1) is 11.4. The highest BCUT2D eigenvalue weighted by Gasteiger charge is 2.20. The van der Waals surface area contributed by atoms with Crippen LogP contribution in [0, 0.1) is 6.92 Å². The number of carbonyl (C=O) groups excluding carboxylic acids is 2. The van der Waals surface area contributed by atoms with Gasteiger partial charge >= 0.3 is 12.0 Å². The third-order valence-electron chi connectivity index (χ3n) is 1.58. The molecular formula is C8H11N3O3S. The predicted octanol–water partition coefficient (Wildman–Crippen LogP) is 1.12. The molecule has 0 aliphatic rings. The number of hydrogen-bond donors (Lipinski definition) is 2. The summed E-state index contributed by atoms with van der Waals surface area (Å²) in [6.45, 7) is 3.63. The van der Waals surface area contributed by atoms with E-state index in [1.54, 1.807) is 13.8 Å². The van der Waals surface area contributed by atoms with Crippen molar-refractivity contribution < 1.29 is 14.3 Å². The molecule has 7 heteroatoms. The molecule has 0 saturated heterocycles. The quantitative estimate of drug-likeness (QED) is 0.759. The maximum Gasteiger partial charge on any atom is 0.343 e. The second-order valence-electron chi connectivity index (χ2n) is 2.68. The van der Waals surface area contributed by atoms with Crippen molar-refractivity contribution >= 4 is 28.5 Å². The van der Waals surface area contributed by atoms with E-state index < -0.39 is 12.0 Å². The van der Waals surface area contributed by atoms with Gasteiger partial charge in [-0.05, 0) is 25.4 Å². The lowest BCUT2D eigenvalue weighted by molar-refractivity contribution is 0.0527. The number of carbonyl (C=O) groups is 2. The molecule has 3 N–H and O–H groups in total. The van der Waals surface area contributed by atoms with E-state index in [1.165, 1.54) is 0 Å². The average Bonchev–Trinajstić information content (AvgIpc) is 2.46. The minimum atomic E-state index is -0.732. The summed E-state index contributed by atoms with van der Waals surface area (Å²) in [5.41, 5.74) is 5.73. The lowest BCUT2D eigenvalue weighted by Crippen LogP contribution is -2.20. The molecule has 15 heavy (non-hydrogen) atoms. The van der Waals surface area contributed by atoms with Crippen LogP contribution in [0.1, 0.15) is 23.0 Å². The van der Waals surface area contributed by atoms with E-state index in [9.17, 15) is 9.59 Å². The number of amides is 2. The minimum absolute atomic E-state index is 0.264. The molecule has 1 rings (SSSR count). The van der Waals surface area contributed by atoms with Crippen molar-refractivity contribution in [2.45, 2.75) is 13.8 Å². The van der Waals surface area contributed by atoms with Gasteiger partial charge in [0.2, 0.25) is 0 Å². The third-order valence-corrected chi connectivity index (χ3v) is 2.43. The molecule has 1 aromatic heterocycles. The van der Waals surface area contributed by atoms with E-state index in [2.05, 4.69) is 9.69 Å². The number of ether oxygens (including phenoxy) is 1. The third kappa shape index (κ3) is 2.66. The molecule has 0 atom stereocenters. The van der Waals surface area contributed by atoms with Gasteiger partial charge in [0.1, 0.15) is 10.6 Å². The van der Waals surface area contributed by atoms with Crippen molar-refractivity contribution in [2.24, 2.45) is 5.73 Å². The maximum atomic E-state index is 11.5. The van der Waals surface area contributed by atoms with Gasteiger partial charge in [-0.2, -0.15) is 4.37 Å². The first-order valence-corrected chi connectivity index (χ1v) is 5.03. The Labute approximate surface area is 90.6 Å². The molecule has 0 aliphatic carbocycles. The molecule has 1 aromatic rings. The van der Waals surface area contributed by atoms with E-state index >= 15 is 0 Å². The molecule has 0 saturated carbocycles. The van der Waals surface area contributed by atoms with Crippen LogP contribution >= 0.6 is 11.5 Å². The fraction of sp³-hybridized carbons (Fsp3) is 0.375. The standard InChI is InChI=1S/C8H11N3O3S/c1-3-14-7(12)5-4(2)11-15-6(5)10-8(9)13/h3H2,1-2H3,(H3,9,10,13). The zero-order valence-electron chi connectivity index (χ0n) is 8.36. The second kappa shape index (κ2) is 4.74. The molecule has 6 nitrogen and oxygen atoms in total. The number of primary amides is 1. The zero-order chi connectivity index (χ0) is 11.4. The SMILES string of the molecule is CCOC(=O)c1c(C)nsc1NC(N)=O. The Hall–Kier alpha value is -1.63. The van der Waals surface area contributed by atoms with Gasteiger partial charge in [-0.15, -0.1) is 0 Å². The molecule has 1 heterocycles. The summed E-state index contributed by atoms with van der Waals surface area (Å²) in [4.78, 5) is 22.1. The Balaban J connectivity index is 2.98. The average molecular weight is 229 g/mol. The van der Waals surface area contributed by atoms with E-state index in [0.717, 1.165) is 11.5 Å². The lowest BCUT2D eigenvalue weighted by Gasteiger charge is -2.03. The van der Waals surface area contributed by atoms with Gasteiger partial charge in [-0.3, -0.25) is 5.32 Å². The van der Waals surface area contributed by atoms with Gasteiger partial charge in [-0.1, -0.05) is 0 Å². The lowest BCUT2D eigenvalue weighted by atomic mass is 10.2. The highest BCUT2D eigenvalue weighted by atomic mass is 32.1. The van der Waals surface area contributed by atoms with Crippen LogP contribution in [-0.2, 0) is 4.74 Å². The largest absolute Gasteiger partial charge is 0.462 e. The van der Waals surface area contributed by atoms with Crippen molar-refractivity contribution in [3.8, 4) is 0 Å². The number of anilines is 1. The monoisotopic (exact) mass is 229 g/mol. The molecule has 0 radical (unpaired) electrons. The molecule has 0 aliphatic heterocycles. The Morgan fingerprint density at radius 1 is 1.60 bits per heavy atom. The number of nitrogens with two attached hydrogens (primary N) is 1. The van der Waals surface area contributed by atoms with Gasteiger partial charge < -0.3 is 10.5 Å². The summed E-state index contributed by atoms with van der Waals surface area (Å²) in [7, 11) is 0. The smallest absolute Gasteiger partial charge is 0.343 e. The molecule has 82 valence electrons. The van der Waals surface area contributed by atoms with Crippen molar-refractivity contribution in [1.29, 1.82) is 0 Å². The summed E-state index contributed by atoms with van der Waals surface area (Å²) in [6, 6.07) is -0.732. The predicted molar refractivity (Wildman–Crippen MR) is 56.0 cm³/mol. The van der Waals surface area contributed by atoms with E-state index in [0.29, 0.717) is 10.7 Å². The summed E-state index contributed by atoms with van der Waals surface area (Å²) in [5.74, 6) is -0.507. The van der Waals surface area contributed by atoms with Crippen molar-refractivity contribution in [3.63, 3.8) is 0 Å². The highest BCUT2D eigenvalue weighted by molar-refractivity contribution is 7.11. The Kier molecular flexibility index (Phi) is 3.62. The van der Waals surface area contributed by atoms with E-state index in [-0.39, 0.29) is 12.2 Å². The van der Waals surface area contributed by atoms with Crippen LogP contribution < -0.4 is 11.1 Å². The molecule has 0 spiro atoms. The number of aromatic nitrogens is 1. The van der Waals surface area contributed by atoms with Gasteiger partial charge in [0.05, 0.1) is 12.3 Å². The van der Waals surface area contributed by atoms with E-state index in [1.807, 2.05) is 0 Å². The van der Waals surface area contributed by atoms with Crippen molar-refractivity contribution in [1.82, 2.24) is 4.37 Å². The summed E-state index contributed by atoms with van der Waals surface area (Å²) in [6.07, 6.45) is 0. The number of aryl methyl sites for hydroxylation is 1. The van der Waals surface area contributed by atoms with Gasteiger partial charge in [0.25, 0.3) is 0 Å². The molecule has 0 fully saturated rings. The number of nitrogens with one attached hydrogen (secondary N) is 1. The van der Waals surface area contributed by atoms with Crippen LogP contribution in [0.5, 0.6) is 0 Å². The fourth-order valence-electron chi connectivity index (χ4n) is 1.01. The number of rotatable bonds is 3. The number of esters is 1. The summed E-state index contributed by atoms with van der Waals surface area (Å²) >= 11 is 0.996. The highest BCUT2D eigenvalue weighted by Crippen LogP contribution is 2.24. The topological polar surface area (TPSA) is 94.3 Å². The second-order valence-corrected chi connectivity index (χ2v) is 3.46. The number of nitrogens with zero attached hydrogens (tertiary/aromatic N) is 1. The van der Waals surface area contributed by atoms with Crippen LogP contribution in [-0.4, -0.2) is 23.0 Å². The fourth-order valence-corrected chi connectivity index (χ4v) is 1.80. The number of urea groups is 1. The molecule has 2 amide bonds. The van der Waals surface area contributed by atoms with Crippen molar-refractivity contribution in [2.75, 3.05) is 11.9 Å². The first-order valence-electron chi connectivity index (χ1n) is 4.26. The van der Waals surface area contributed by atoms with Gasteiger partial charge in [0.15, 0.2) is 0 Å². The van der Waals surface area contributed by atoms with Crippen LogP contribution in [0.15, 0.2) is 0 Å². The van der Waals surface area contributed by atoms with Crippen LogP contribution in [0.4, 0.5) is 9.80 Å². The molecule has 0 aromatic carbocycles. The molecule has 0 unspecified atom stereocenters. The molecule has 0 bridgehead atoms. The van der Waals surface area contributed by atoms with Gasteiger partial charge in [-0.25, -0.2) is 9.59 Å². The van der Waals surface area contributed by atoms with Crippen LogP contribution in [0.25, 0.3) is 0 Å². The van der Waals surface area contributed by atoms with Crippen molar-refractivity contribution in [3.05, 3.63) is 11.3 Å². The maximum absolute atomic E-state index is 11.5. The van der Waals surface area contributed by atoms with Crippen LogP contribution in [0.2, 0.25) is 0 Å². The Bertz CT molecular complexity index is 388. The zero-order valence-corrected chi connectivity index (χ0v) is 9.18. The van der Waals surface area contributed by atoms with Gasteiger partial charge in [0, 0.05) is 0 Å². The van der Waals surface area contributed by atoms with E-state index in [4.69, 9.17) is 10.5 Å². The minimum Gasteiger partial charge on any atom is -0.462 e. The Morgan fingerprint density at radius 2 is 2.27 bits per heavy atom.